The van der Waals surface area contributed by atoms with Gasteiger partial charge in [0, 0.05) is 19.1 Å². The highest BCUT2D eigenvalue weighted by Gasteiger charge is 2.24. The van der Waals surface area contributed by atoms with Crippen molar-refractivity contribution in [2.24, 2.45) is 0 Å². The van der Waals surface area contributed by atoms with E-state index in [1.165, 1.54) is 0 Å². The van der Waals surface area contributed by atoms with Gasteiger partial charge in [0.1, 0.15) is 0 Å². The summed E-state index contributed by atoms with van der Waals surface area (Å²) in [6.07, 6.45) is 0.842. The molecule has 0 aromatic rings. The molecule has 1 rings (SSSR count). The van der Waals surface area contributed by atoms with Crippen LogP contribution in [0.4, 0.5) is 0 Å². The average Bonchev–Trinajstić information content (AvgIpc) is 2.26. The molecule has 0 aliphatic carbocycles. The summed E-state index contributed by atoms with van der Waals surface area (Å²) >= 11 is 0. The highest BCUT2D eigenvalue weighted by Crippen LogP contribution is 2.04. The molecule has 1 amide bonds. The normalized spacial score (nSPS) is 19.3. The topological polar surface area (TPSA) is 41.6 Å². The monoisotopic (exact) mass is 214 g/mol. The molecule has 0 spiro atoms. The van der Waals surface area contributed by atoms with Gasteiger partial charge >= 0.3 is 0 Å². The molecule has 1 saturated heterocycles. The lowest BCUT2D eigenvalue weighted by Crippen LogP contribution is -2.51. The maximum atomic E-state index is 12.1. The zero-order valence-corrected chi connectivity index (χ0v) is 9.95. The number of hydrogen-bond donors (Lipinski definition) is 1. The van der Waals surface area contributed by atoms with Crippen LogP contribution in [-0.4, -0.2) is 49.2 Å². The highest BCUT2D eigenvalue weighted by molar-refractivity contribution is 5.82. The molecule has 1 fully saturated rings. The smallest absolute Gasteiger partial charge is 0.239 e. The van der Waals surface area contributed by atoms with Gasteiger partial charge in [-0.3, -0.25) is 4.79 Å². The molecule has 1 aliphatic heterocycles. The molecule has 15 heavy (non-hydrogen) atoms. The first-order valence-corrected chi connectivity index (χ1v) is 5.77. The summed E-state index contributed by atoms with van der Waals surface area (Å²) in [5.74, 6) is 0.217. The van der Waals surface area contributed by atoms with E-state index in [-0.39, 0.29) is 11.9 Å². The molecule has 1 atom stereocenters. The zero-order chi connectivity index (χ0) is 11.3. The van der Waals surface area contributed by atoms with Crippen molar-refractivity contribution in [2.45, 2.75) is 39.3 Å². The molecule has 1 aliphatic rings. The minimum Gasteiger partial charge on any atom is -0.378 e. The number of hydrogen-bond acceptors (Lipinski definition) is 3. The predicted octanol–water partition coefficient (Wildman–Crippen LogP) is 0.622. The van der Waals surface area contributed by atoms with Crippen molar-refractivity contribution in [3.63, 3.8) is 0 Å². The van der Waals surface area contributed by atoms with Crippen LogP contribution < -0.4 is 5.32 Å². The number of morpholine rings is 1. The lowest BCUT2D eigenvalue weighted by molar-refractivity contribution is -0.137. The zero-order valence-electron chi connectivity index (χ0n) is 9.95. The van der Waals surface area contributed by atoms with Crippen molar-refractivity contribution in [2.75, 3.05) is 26.3 Å². The molecule has 1 heterocycles. The fourth-order valence-corrected chi connectivity index (χ4v) is 1.77. The van der Waals surface area contributed by atoms with E-state index in [2.05, 4.69) is 19.2 Å². The highest BCUT2D eigenvalue weighted by atomic mass is 16.5. The Labute approximate surface area is 92.0 Å². The van der Waals surface area contributed by atoms with E-state index in [0.29, 0.717) is 19.3 Å². The number of rotatable bonds is 4. The molecule has 4 nitrogen and oxygen atoms in total. The van der Waals surface area contributed by atoms with Gasteiger partial charge in [-0.1, -0.05) is 20.8 Å². The summed E-state index contributed by atoms with van der Waals surface area (Å²) in [7, 11) is 0. The summed E-state index contributed by atoms with van der Waals surface area (Å²) in [4.78, 5) is 14.0. The van der Waals surface area contributed by atoms with Crippen LogP contribution in [0.2, 0.25) is 0 Å². The van der Waals surface area contributed by atoms with Crippen LogP contribution in [0.3, 0.4) is 0 Å². The van der Waals surface area contributed by atoms with Gasteiger partial charge in [-0.15, -0.1) is 0 Å². The van der Waals surface area contributed by atoms with Crippen LogP contribution >= 0.6 is 0 Å². The molecular weight excluding hydrogens is 192 g/mol. The largest absolute Gasteiger partial charge is 0.378 e. The fraction of sp³-hybridized carbons (Fsp3) is 0.909. The summed E-state index contributed by atoms with van der Waals surface area (Å²) in [5.41, 5.74) is 0. The van der Waals surface area contributed by atoms with E-state index in [0.717, 1.165) is 19.5 Å². The number of nitrogens with one attached hydrogen (secondary N) is 1. The first-order chi connectivity index (χ1) is 7.15. The Hall–Kier alpha value is -0.610. The van der Waals surface area contributed by atoms with Crippen LogP contribution in [0.25, 0.3) is 0 Å². The molecule has 1 unspecified atom stereocenters. The van der Waals surface area contributed by atoms with Crippen molar-refractivity contribution in [3.8, 4) is 0 Å². The van der Waals surface area contributed by atoms with Crippen LogP contribution in [0, 0.1) is 0 Å². The Morgan fingerprint density at radius 3 is 2.47 bits per heavy atom. The summed E-state index contributed by atoms with van der Waals surface area (Å²) in [5, 5.41) is 3.29. The minimum atomic E-state index is -0.0388. The van der Waals surface area contributed by atoms with Crippen molar-refractivity contribution in [3.05, 3.63) is 0 Å². The molecule has 0 aromatic carbocycles. The second-order valence-corrected chi connectivity index (χ2v) is 4.22. The van der Waals surface area contributed by atoms with E-state index >= 15 is 0 Å². The van der Waals surface area contributed by atoms with E-state index in [4.69, 9.17) is 4.74 Å². The van der Waals surface area contributed by atoms with Crippen molar-refractivity contribution in [1.29, 1.82) is 0 Å². The van der Waals surface area contributed by atoms with E-state index in [1.807, 2.05) is 11.8 Å². The molecule has 4 heteroatoms. The molecule has 0 saturated carbocycles. The number of carbonyl (C=O) groups is 1. The van der Waals surface area contributed by atoms with Gasteiger partial charge in [0.2, 0.25) is 5.91 Å². The van der Waals surface area contributed by atoms with E-state index in [9.17, 15) is 4.79 Å². The molecule has 0 bridgehead atoms. The van der Waals surface area contributed by atoms with Gasteiger partial charge in [0.25, 0.3) is 0 Å². The molecule has 0 aromatic heterocycles. The van der Waals surface area contributed by atoms with Crippen LogP contribution in [0.1, 0.15) is 27.2 Å². The maximum Gasteiger partial charge on any atom is 0.239 e. The number of ether oxygens (including phenoxy) is 1. The number of carbonyl (C=O) groups excluding carboxylic acids is 1. The molecule has 1 N–H and O–H groups in total. The van der Waals surface area contributed by atoms with Gasteiger partial charge in [-0.25, -0.2) is 0 Å². The lowest BCUT2D eigenvalue weighted by atomic mass is 10.1. The van der Waals surface area contributed by atoms with Gasteiger partial charge in [0.05, 0.1) is 19.3 Å². The SMILES string of the molecule is CCC(NC(C)C)C(=O)N1CCOCC1. The van der Waals surface area contributed by atoms with Crippen LogP contribution in [0.15, 0.2) is 0 Å². The van der Waals surface area contributed by atoms with Crippen LogP contribution in [-0.2, 0) is 9.53 Å². The van der Waals surface area contributed by atoms with Crippen molar-refractivity contribution < 1.29 is 9.53 Å². The first-order valence-electron chi connectivity index (χ1n) is 5.77. The summed E-state index contributed by atoms with van der Waals surface area (Å²) < 4.78 is 5.23. The Morgan fingerprint density at radius 2 is 2.00 bits per heavy atom. The molecule has 88 valence electrons. The third-order valence-corrected chi connectivity index (χ3v) is 2.56. The van der Waals surface area contributed by atoms with E-state index < -0.39 is 0 Å². The second kappa shape index (κ2) is 6.08. The van der Waals surface area contributed by atoms with Gasteiger partial charge in [-0.05, 0) is 6.42 Å². The maximum absolute atomic E-state index is 12.1. The molecular formula is C11H22N2O2. The van der Waals surface area contributed by atoms with Crippen molar-refractivity contribution >= 4 is 5.91 Å². The van der Waals surface area contributed by atoms with Gasteiger partial charge in [0.15, 0.2) is 0 Å². The van der Waals surface area contributed by atoms with Gasteiger partial charge < -0.3 is 15.0 Å². The standard InChI is InChI=1S/C11H22N2O2/c1-4-10(12-9(2)3)11(14)13-5-7-15-8-6-13/h9-10,12H,4-8H2,1-3H3. The minimum absolute atomic E-state index is 0.0388. The van der Waals surface area contributed by atoms with Crippen molar-refractivity contribution in [1.82, 2.24) is 10.2 Å². The summed E-state index contributed by atoms with van der Waals surface area (Å²) in [6.45, 7) is 8.97. The molecule has 0 radical (unpaired) electrons. The first kappa shape index (κ1) is 12.5. The third-order valence-electron chi connectivity index (χ3n) is 2.56. The quantitative estimate of drug-likeness (QED) is 0.746. The fourth-order valence-electron chi connectivity index (χ4n) is 1.77. The average molecular weight is 214 g/mol. The Bertz CT molecular complexity index is 201. The third kappa shape index (κ3) is 3.80. The number of amides is 1. The lowest BCUT2D eigenvalue weighted by Gasteiger charge is -2.31. The Balaban J connectivity index is 2.47. The van der Waals surface area contributed by atoms with Crippen LogP contribution in [0.5, 0.6) is 0 Å². The summed E-state index contributed by atoms with van der Waals surface area (Å²) in [6, 6.07) is 0.308. The second-order valence-electron chi connectivity index (χ2n) is 4.22. The Morgan fingerprint density at radius 1 is 1.40 bits per heavy atom. The van der Waals surface area contributed by atoms with E-state index in [1.54, 1.807) is 0 Å². The number of nitrogens with zero attached hydrogens (tertiary/aromatic N) is 1. The van der Waals surface area contributed by atoms with Gasteiger partial charge in [-0.2, -0.15) is 0 Å². The predicted molar refractivity (Wildman–Crippen MR) is 59.7 cm³/mol. The Kier molecular flexibility index (Phi) is 5.05.